The van der Waals surface area contributed by atoms with Crippen molar-refractivity contribution in [2.24, 2.45) is 0 Å². The molecule has 0 saturated carbocycles. The van der Waals surface area contributed by atoms with Crippen LogP contribution in [0, 0.1) is 27.7 Å². The molecule has 2 aromatic heterocycles. The first-order chi connectivity index (χ1) is 27.0. The van der Waals surface area contributed by atoms with Crippen LogP contribution in [0.1, 0.15) is 22.3 Å². The number of aromatic nitrogens is 1. The Balaban J connectivity index is 1.28. The average Bonchev–Trinajstić information content (AvgIpc) is 3.72. The van der Waals surface area contributed by atoms with Gasteiger partial charge in [-0.15, -0.1) is 0 Å². The smallest absolute Gasteiger partial charge is 0.0620 e. The van der Waals surface area contributed by atoms with E-state index in [9.17, 15) is 0 Å². The Labute approximate surface area is 321 Å². The third-order valence-corrected chi connectivity index (χ3v) is 12.1. The minimum Gasteiger partial charge on any atom is -0.308 e. The van der Waals surface area contributed by atoms with Crippen molar-refractivity contribution in [1.29, 1.82) is 0 Å². The van der Waals surface area contributed by atoms with Crippen LogP contribution in [0.25, 0.3) is 104 Å². The zero-order chi connectivity index (χ0) is 36.9. The summed E-state index contributed by atoms with van der Waals surface area (Å²) < 4.78 is 2.59. The second kappa shape index (κ2) is 11.9. The van der Waals surface area contributed by atoms with Crippen LogP contribution in [-0.4, -0.2) is 4.40 Å². The first-order valence-electron chi connectivity index (χ1n) is 19.4. The normalized spacial score (nSPS) is 12.0. The van der Waals surface area contributed by atoms with Crippen LogP contribution in [0.5, 0.6) is 0 Å². The molecule has 260 valence electrons. The summed E-state index contributed by atoms with van der Waals surface area (Å²) in [5.74, 6) is 0. The monoisotopic (exact) mass is 701 g/mol. The van der Waals surface area contributed by atoms with E-state index in [1.165, 1.54) is 126 Å². The number of hydrogen-bond acceptors (Lipinski definition) is 0. The van der Waals surface area contributed by atoms with Gasteiger partial charge in [0.2, 0.25) is 0 Å². The summed E-state index contributed by atoms with van der Waals surface area (Å²) in [7, 11) is 0. The van der Waals surface area contributed by atoms with Gasteiger partial charge in [0.15, 0.2) is 0 Å². The number of rotatable bonds is 4. The second-order valence-corrected chi connectivity index (χ2v) is 15.5. The summed E-state index contributed by atoms with van der Waals surface area (Å²) >= 11 is 0. The van der Waals surface area contributed by atoms with Gasteiger partial charge >= 0.3 is 0 Å². The van der Waals surface area contributed by atoms with E-state index in [-0.39, 0.29) is 0 Å². The molecular formula is C54H39N. The Morgan fingerprint density at radius 2 is 0.673 bits per heavy atom. The highest BCUT2D eigenvalue weighted by Crippen LogP contribution is 2.51. The summed E-state index contributed by atoms with van der Waals surface area (Å²) in [6.07, 6.45) is 0. The van der Waals surface area contributed by atoms with E-state index >= 15 is 0 Å². The molecule has 2 heterocycles. The zero-order valence-electron chi connectivity index (χ0n) is 31.5. The molecule has 0 N–H and O–H groups in total. The summed E-state index contributed by atoms with van der Waals surface area (Å²) in [4.78, 5) is 0. The minimum atomic E-state index is 1.25. The van der Waals surface area contributed by atoms with E-state index in [0.29, 0.717) is 0 Å². The number of para-hydroxylation sites is 1. The molecule has 0 aliphatic carbocycles. The van der Waals surface area contributed by atoms with Crippen molar-refractivity contribution in [2.45, 2.75) is 27.7 Å². The second-order valence-electron chi connectivity index (χ2n) is 15.5. The molecule has 1 heteroatoms. The molecule has 1 nitrogen and oxygen atoms in total. The van der Waals surface area contributed by atoms with Gasteiger partial charge in [-0.3, -0.25) is 0 Å². The van der Waals surface area contributed by atoms with E-state index in [1.54, 1.807) is 0 Å². The van der Waals surface area contributed by atoms with Gasteiger partial charge < -0.3 is 4.40 Å². The highest BCUT2D eigenvalue weighted by Gasteiger charge is 2.26. The number of aryl methyl sites for hydroxylation is 4. The van der Waals surface area contributed by atoms with Gasteiger partial charge in [0, 0.05) is 32.7 Å². The maximum absolute atomic E-state index is 2.59. The first-order valence-corrected chi connectivity index (χ1v) is 19.4. The van der Waals surface area contributed by atoms with Crippen LogP contribution in [0.3, 0.4) is 0 Å². The van der Waals surface area contributed by atoms with Gasteiger partial charge in [0.1, 0.15) is 0 Å². The summed E-state index contributed by atoms with van der Waals surface area (Å²) in [5, 5.41) is 10.4. The highest BCUT2D eigenvalue weighted by atomic mass is 14.9. The van der Waals surface area contributed by atoms with Gasteiger partial charge in [-0.05, 0) is 117 Å². The molecule has 11 aromatic rings. The van der Waals surface area contributed by atoms with Gasteiger partial charge in [0.25, 0.3) is 0 Å². The average molecular weight is 702 g/mol. The fourth-order valence-corrected chi connectivity index (χ4v) is 9.95. The predicted octanol–water partition coefficient (Wildman–Crippen LogP) is 15.0. The van der Waals surface area contributed by atoms with Crippen LogP contribution in [-0.2, 0) is 0 Å². The van der Waals surface area contributed by atoms with Crippen molar-refractivity contribution in [2.75, 3.05) is 0 Å². The summed E-state index contributed by atoms with van der Waals surface area (Å²) in [6.45, 7) is 9.17. The van der Waals surface area contributed by atoms with Crippen LogP contribution in [0.2, 0.25) is 0 Å². The summed E-state index contributed by atoms with van der Waals surface area (Å²) in [6, 6.07) is 60.9. The van der Waals surface area contributed by atoms with E-state index in [2.05, 4.69) is 196 Å². The molecule has 0 saturated heterocycles. The molecule has 0 bridgehead atoms. The molecule has 0 radical (unpaired) electrons. The molecule has 0 fully saturated rings. The van der Waals surface area contributed by atoms with Gasteiger partial charge in [-0.2, -0.15) is 0 Å². The maximum atomic E-state index is 2.59. The lowest BCUT2D eigenvalue weighted by Crippen LogP contribution is -1.95. The molecule has 0 unspecified atom stereocenters. The Morgan fingerprint density at radius 1 is 0.309 bits per heavy atom. The third-order valence-electron chi connectivity index (χ3n) is 12.1. The molecular weight excluding hydrogens is 663 g/mol. The number of fused-ring (bicyclic) bond motifs is 8. The molecule has 0 aliphatic heterocycles. The molecule has 0 amide bonds. The van der Waals surface area contributed by atoms with E-state index in [4.69, 9.17) is 0 Å². The Kier molecular flexibility index (Phi) is 6.88. The largest absolute Gasteiger partial charge is 0.308 e. The number of nitrogens with zero attached hydrogens (tertiary/aromatic N) is 1. The topological polar surface area (TPSA) is 4.41 Å². The van der Waals surface area contributed by atoms with Crippen molar-refractivity contribution >= 4 is 59.6 Å². The van der Waals surface area contributed by atoms with Crippen LogP contribution < -0.4 is 0 Å². The molecule has 9 aromatic carbocycles. The molecule has 0 atom stereocenters. The third kappa shape index (κ3) is 4.60. The summed E-state index contributed by atoms with van der Waals surface area (Å²) in [5.41, 5.74) is 19.3. The fourth-order valence-electron chi connectivity index (χ4n) is 9.95. The van der Waals surface area contributed by atoms with Crippen molar-refractivity contribution in [3.8, 4) is 44.5 Å². The van der Waals surface area contributed by atoms with Crippen molar-refractivity contribution in [1.82, 2.24) is 4.40 Å². The van der Waals surface area contributed by atoms with E-state index in [0.717, 1.165) is 0 Å². The highest BCUT2D eigenvalue weighted by molar-refractivity contribution is 6.33. The van der Waals surface area contributed by atoms with E-state index in [1.807, 2.05) is 0 Å². The predicted molar refractivity (Wildman–Crippen MR) is 237 cm³/mol. The van der Waals surface area contributed by atoms with Gasteiger partial charge in [-0.1, -0.05) is 152 Å². The molecule has 55 heavy (non-hydrogen) atoms. The number of hydrogen-bond donors (Lipinski definition) is 0. The van der Waals surface area contributed by atoms with Crippen LogP contribution >= 0.6 is 0 Å². The molecule has 0 aliphatic rings. The Hall–Kier alpha value is -6.70. The van der Waals surface area contributed by atoms with Crippen molar-refractivity contribution in [3.63, 3.8) is 0 Å². The lowest BCUT2D eigenvalue weighted by atomic mass is 9.85. The number of benzene rings is 9. The molecule has 11 rings (SSSR count). The van der Waals surface area contributed by atoms with Crippen molar-refractivity contribution in [3.05, 3.63) is 186 Å². The molecule has 0 spiro atoms. The minimum absolute atomic E-state index is 1.25. The lowest BCUT2D eigenvalue weighted by molar-refractivity contribution is 1.37. The van der Waals surface area contributed by atoms with Gasteiger partial charge in [-0.25, -0.2) is 0 Å². The lowest BCUT2D eigenvalue weighted by Gasteiger charge is -2.18. The quantitative estimate of drug-likeness (QED) is 0.172. The maximum Gasteiger partial charge on any atom is 0.0620 e. The standard InChI is InChI=1S/C54H39N/c1-32-26-40(36-16-7-5-8-17-36)27-33(2)48(32)52-42-22-13-11-20-38(42)30-46-50(52)44-24-15-25-45-51-47(55(46)54(44)45)31-39-21-12-14-23-43(39)53(51)49-34(3)28-41(29-35(49)4)37-18-9-6-10-19-37/h5-31H,1-4H3. The zero-order valence-corrected chi connectivity index (χ0v) is 31.5. The van der Waals surface area contributed by atoms with Gasteiger partial charge in [0.05, 0.1) is 16.6 Å². The van der Waals surface area contributed by atoms with Crippen molar-refractivity contribution < 1.29 is 0 Å². The Bertz CT molecular complexity index is 3060. The first kappa shape index (κ1) is 31.8. The van der Waals surface area contributed by atoms with E-state index < -0.39 is 0 Å². The SMILES string of the molecule is Cc1cc(-c2ccccc2)cc(C)c1-c1c2ccccc2cc2c1c1cccc3c4c(-c5c(C)cc(-c6ccccc6)cc5C)c5ccccc5cc4n2c13. The van der Waals surface area contributed by atoms with Crippen LogP contribution in [0.15, 0.2) is 164 Å². The Morgan fingerprint density at radius 3 is 1.09 bits per heavy atom. The fraction of sp³-hybridized carbons (Fsp3) is 0.0741. The van der Waals surface area contributed by atoms with Crippen LogP contribution in [0.4, 0.5) is 0 Å².